The summed E-state index contributed by atoms with van der Waals surface area (Å²) in [6.07, 6.45) is 8.11. The van der Waals surface area contributed by atoms with Crippen LogP contribution in [0.5, 0.6) is 0 Å². The number of nitrogens with one attached hydrogen (secondary N) is 1. The van der Waals surface area contributed by atoms with Gasteiger partial charge in [-0.3, -0.25) is 4.79 Å². The van der Waals surface area contributed by atoms with Gasteiger partial charge >= 0.3 is 0 Å². The molecule has 1 N–H and O–H groups in total. The molecular formula is C23H23ClN6O. The number of pyridine rings is 2. The van der Waals surface area contributed by atoms with E-state index in [1.54, 1.807) is 24.7 Å². The van der Waals surface area contributed by atoms with Crippen molar-refractivity contribution < 1.29 is 4.79 Å². The van der Waals surface area contributed by atoms with Crippen LogP contribution in [0, 0.1) is 12.8 Å². The number of fused-ring (bicyclic) bond motifs is 3. The average molecular weight is 435 g/mol. The lowest BCUT2D eigenvalue weighted by Gasteiger charge is -2.50. The number of anilines is 1. The molecule has 1 aliphatic carbocycles. The molecule has 158 valence electrons. The van der Waals surface area contributed by atoms with Crippen LogP contribution in [0.2, 0.25) is 5.02 Å². The zero-order valence-electron chi connectivity index (χ0n) is 17.2. The van der Waals surface area contributed by atoms with Crippen LogP contribution in [0.1, 0.15) is 35.4 Å². The summed E-state index contributed by atoms with van der Waals surface area (Å²) in [7, 11) is 0. The average Bonchev–Trinajstić information content (AvgIpc) is 2.81. The molecule has 0 radical (unpaired) electrons. The number of halogens is 1. The van der Waals surface area contributed by atoms with Crippen LogP contribution in [0.3, 0.4) is 0 Å². The van der Waals surface area contributed by atoms with E-state index in [1.165, 1.54) is 0 Å². The summed E-state index contributed by atoms with van der Waals surface area (Å²) in [5, 5.41) is 4.13. The molecule has 2 saturated heterocycles. The van der Waals surface area contributed by atoms with Crippen molar-refractivity contribution in [3.05, 3.63) is 65.3 Å². The molecule has 3 aliphatic rings. The number of aromatic nitrogens is 4. The van der Waals surface area contributed by atoms with E-state index in [0.717, 1.165) is 37.3 Å². The van der Waals surface area contributed by atoms with Gasteiger partial charge in [-0.05, 0) is 62.4 Å². The van der Waals surface area contributed by atoms with Gasteiger partial charge in [0.15, 0.2) is 5.82 Å². The highest BCUT2D eigenvalue weighted by Gasteiger charge is 2.44. The standard InChI is InChI=1S/C23H23ClN6O/c1-14-3-6-17(22-25-9-2-10-26-22)21(28-14)23(31)30-13-15-4-7-19(30)18(11-15)29-20-8-5-16(24)12-27-20/h2-3,5-6,8-10,12,15,18-19H,4,7,11,13H2,1H3,(H,27,29). The molecule has 5 heterocycles. The topological polar surface area (TPSA) is 83.9 Å². The van der Waals surface area contributed by atoms with E-state index in [4.69, 9.17) is 11.6 Å². The highest BCUT2D eigenvalue weighted by atomic mass is 35.5. The van der Waals surface area contributed by atoms with Gasteiger partial charge < -0.3 is 10.2 Å². The van der Waals surface area contributed by atoms with Gasteiger partial charge in [0.25, 0.3) is 5.91 Å². The molecule has 3 unspecified atom stereocenters. The van der Waals surface area contributed by atoms with Gasteiger partial charge in [-0.2, -0.15) is 0 Å². The van der Waals surface area contributed by atoms with E-state index in [9.17, 15) is 4.79 Å². The SMILES string of the molecule is Cc1ccc(-c2ncccn2)c(C(=O)N2CC3CCC2C(Nc2ccc(Cl)cn2)C3)n1. The number of carbonyl (C=O) groups excluding carboxylic acids is 1. The Kier molecular flexibility index (Phi) is 5.28. The fraction of sp³-hybridized carbons (Fsp3) is 0.348. The second kappa shape index (κ2) is 8.23. The Morgan fingerprint density at radius 3 is 2.71 bits per heavy atom. The predicted molar refractivity (Wildman–Crippen MR) is 119 cm³/mol. The number of aryl methyl sites for hydroxylation is 1. The third-order valence-electron chi connectivity index (χ3n) is 6.14. The minimum atomic E-state index is -0.0589. The van der Waals surface area contributed by atoms with Gasteiger partial charge in [0.1, 0.15) is 11.5 Å². The molecule has 3 aromatic rings. The first-order valence-corrected chi connectivity index (χ1v) is 10.9. The van der Waals surface area contributed by atoms with Crippen LogP contribution in [0.4, 0.5) is 5.82 Å². The Morgan fingerprint density at radius 1 is 1.13 bits per heavy atom. The number of hydrogen-bond acceptors (Lipinski definition) is 6. The summed E-state index contributed by atoms with van der Waals surface area (Å²) in [5.41, 5.74) is 1.88. The Morgan fingerprint density at radius 2 is 1.97 bits per heavy atom. The summed E-state index contributed by atoms with van der Waals surface area (Å²) in [6, 6.07) is 9.47. The van der Waals surface area contributed by atoms with Gasteiger partial charge in [0, 0.05) is 36.9 Å². The lowest BCUT2D eigenvalue weighted by Crippen LogP contribution is -2.60. The molecule has 31 heavy (non-hydrogen) atoms. The number of carbonyl (C=O) groups is 1. The van der Waals surface area contributed by atoms with E-state index < -0.39 is 0 Å². The number of rotatable bonds is 4. The molecule has 7 nitrogen and oxygen atoms in total. The van der Waals surface area contributed by atoms with Crippen molar-refractivity contribution in [3.8, 4) is 11.4 Å². The number of hydrogen-bond donors (Lipinski definition) is 1. The molecule has 3 fully saturated rings. The van der Waals surface area contributed by atoms with Crippen molar-refractivity contribution in [2.45, 2.75) is 38.3 Å². The second-order valence-electron chi connectivity index (χ2n) is 8.24. The van der Waals surface area contributed by atoms with Crippen molar-refractivity contribution in [2.24, 2.45) is 5.92 Å². The second-order valence-corrected chi connectivity index (χ2v) is 8.67. The highest BCUT2D eigenvalue weighted by molar-refractivity contribution is 6.30. The molecule has 0 aromatic carbocycles. The monoisotopic (exact) mass is 434 g/mol. The number of nitrogens with zero attached hydrogens (tertiary/aromatic N) is 5. The predicted octanol–water partition coefficient (Wildman–Crippen LogP) is 4.00. The van der Waals surface area contributed by atoms with Gasteiger partial charge in [-0.25, -0.2) is 19.9 Å². The van der Waals surface area contributed by atoms with E-state index >= 15 is 0 Å². The molecule has 1 amide bonds. The quantitative estimate of drug-likeness (QED) is 0.668. The van der Waals surface area contributed by atoms with Crippen molar-refractivity contribution in [1.29, 1.82) is 0 Å². The van der Waals surface area contributed by atoms with Crippen LogP contribution < -0.4 is 5.32 Å². The summed E-state index contributed by atoms with van der Waals surface area (Å²) >= 11 is 5.97. The largest absolute Gasteiger partial charge is 0.365 e. The lowest BCUT2D eigenvalue weighted by molar-refractivity contribution is 0.0277. The Labute approximate surface area is 185 Å². The van der Waals surface area contributed by atoms with Crippen molar-refractivity contribution in [2.75, 3.05) is 11.9 Å². The molecule has 2 aliphatic heterocycles. The van der Waals surface area contributed by atoms with Crippen molar-refractivity contribution >= 4 is 23.3 Å². The lowest BCUT2D eigenvalue weighted by atomic mass is 9.76. The first-order valence-electron chi connectivity index (χ1n) is 10.5. The maximum Gasteiger partial charge on any atom is 0.273 e. The highest BCUT2D eigenvalue weighted by Crippen LogP contribution is 2.38. The van der Waals surface area contributed by atoms with E-state index in [0.29, 0.717) is 28.0 Å². The molecule has 3 aromatic heterocycles. The number of amides is 1. The van der Waals surface area contributed by atoms with Crippen LogP contribution in [0.25, 0.3) is 11.4 Å². The molecule has 2 bridgehead atoms. The van der Waals surface area contributed by atoms with Gasteiger partial charge in [-0.15, -0.1) is 0 Å². The normalized spacial score (nSPS) is 22.4. The van der Waals surface area contributed by atoms with Crippen LogP contribution >= 0.6 is 11.6 Å². The van der Waals surface area contributed by atoms with Crippen molar-refractivity contribution in [1.82, 2.24) is 24.8 Å². The molecule has 1 saturated carbocycles. The summed E-state index contributed by atoms with van der Waals surface area (Å²) in [6.45, 7) is 2.64. The summed E-state index contributed by atoms with van der Waals surface area (Å²) in [4.78, 5) is 33.4. The Hall–Kier alpha value is -3.06. The molecule has 8 heteroatoms. The van der Waals surface area contributed by atoms with Crippen molar-refractivity contribution in [3.63, 3.8) is 0 Å². The van der Waals surface area contributed by atoms with E-state index in [2.05, 4.69) is 25.3 Å². The zero-order chi connectivity index (χ0) is 21.4. The molecule has 6 rings (SSSR count). The van der Waals surface area contributed by atoms with Crippen LogP contribution in [-0.2, 0) is 0 Å². The Bertz CT molecular complexity index is 1090. The molecule has 0 spiro atoms. The number of piperidine rings is 2. The van der Waals surface area contributed by atoms with Gasteiger partial charge in [-0.1, -0.05) is 11.6 Å². The third kappa shape index (κ3) is 3.97. The van der Waals surface area contributed by atoms with Gasteiger partial charge in [0.2, 0.25) is 0 Å². The van der Waals surface area contributed by atoms with Gasteiger partial charge in [0.05, 0.1) is 16.6 Å². The molecule has 3 atom stereocenters. The smallest absolute Gasteiger partial charge is 0.273 e. The fourth-order valence-electron chi connectivity index (χ4n) is 4.71. The molecular weight excluding hydrogens is 412 g/mol. The zero-order valence-corrected chi connectivity index (χ0v) is 18.0. The summed E-state index contributed by atoms with van der Waals surface area (Å²) < 4.78 is 0. The minimum absolute atomic E-state index is 0.0589. The van der Waals surface area contributed by atoms with Crippen LogP contribution in [0.15, 0.2) is 48.9 Å². The summed E-state index contributed by atoms with van der Waals surface area (Å²) in [5.74, 6) is 1.69. The van der Waals surface area contributed by atoms with Crippen LogP contribution in [-0.4, -0.2) is 49.4 Å². The first kappa shape index (κ1) is 19.9. The maximum atomic E-state index is 13.7. The Balaban J connectivity index is 1.44. The fourth-order valence-corrected chi connectivity index (χ4v) is 4.82. The third-order valence-corrected chi connectivity index (χ3v) is 6.37. The minimum Gasteiger partial charge on any atom is -0.365 e. The first-order chi connectivity index (χ1) is 15.1. The van der Waals surface area contributed by atoms with E-state index in [-0.39, 0.29) is 18.0 Å². The van der Waals surface area contributed by atoms with E-state index in [1.807, 2.05) is 36.1 Å². The maximum absolute atomic E-state index is 13.7.